The Balaban J connectivity index is 2.11. The summed E-state index contributed by atoms with van der Waals surface area (Å²) >= 11 is 7.38. The summed E-state index contributed by atoms with van der Waals surface area (Å²) in [6.07, 6.45) is 2.32. The lowest BCUT2D eigenvalue weighted by molar-refractivity contribution is -0.384. The lowest BCUT2D eigenvalue weighted by Gasteiger charge is -2.18. The Labute approximate surface area is 165 Å². The standard InChI is InChI=1S/C18H18ClN3O4S/c1-27-10-9-16(18(24)20-14-7-5-13(19)6-8-14)21-17(23)12-3-2-4-15(11-12)22(25)26/h2-8,11,16H,9-10H2,1H3,(H,20,24)(H,21,23). The first kappa shape index (κ1) is 20.7. The van der Waals surface area contributed by atoms with Crippen molar-refractivity contribution in [1.82, 2.24) is 5.32 Å². The summed E-state index contributed by atoms with van der Waals surface area (Å²) in [6.45, 7) is 0. The van der Waals surface area contributed by atoms with E-state index in [4.69, 9.17) is 11.6 Å². The monoisotopic (exact) mass is 407 g/mol. The van der Waals surface area contributed by atoms with Crippen LogP contribution >= 0.6 is 23.4 Å². The molecule has 2 aromatic rings. The van der Waals surface area contributed by atoms with E-state index >= 15 is 0 Å². The van der Waals surface area contributed by atoms with Gasteiger partial charge in [0, 0.05) is 28.4 Å². The molecule has 2 aromatic carbocycles. The number of hydrogen-bond donors (Lipinski definition) is 2. The van der Waals surface area contributed by atoms with Gasteiger partial charge in [-0.3, -0.25) is 19.7 Å². The van der Waals surface area contributed by atoms with E-state index in [1.54, 1.807) is 36.0 Å². The SMILES string of the molecule is CSCCC(NC(=O)c1cccc([N+](=O)[O-])c1)C(=O)Nc1ccc(Cl)cc1. The smallest absolute Gasteiger partial charge is 0.270 e. The lowest BCUT2D eigenvalue weighted by Crippen LogP contribution is -2.44. The van der Waals surface area contributed by atoms with E-state index in [1.165, 1.54) is 24.3 Å². The summed E-state index contributed by atoms with van der Waals surface area (Å²) in [5, 5.41) is 16.8. The van der Waals surface area contributed by atoms with Gasteiger partial charge in [0.05, 0.1) is 4.92 Å². The molecule has 7 nitrogen and oxygen atoms in total. The van der Waals surface area contributed by atoms with Gasteiger partial charge < -0.3 is 10.6 Å². The molecule has 0 aliphatic rings. The zero-order chi connectivity index (χ0) is 19.8. The number of halogens is 1. The van der Waals surface area contributed by atoms with Crippen molar-refractivity contribution in [1.29, 1.82) is 0 Å². The van der Waals surface area contributed by atoms with Crippen LogP contribution in [0.3, 0.4) is 0 Å². The fourth-order valence-electron chi connectivity index (χ4n) is 2.27. The Bertz CT molecular complexity index is 830. The van der Waals surface area contributed by atoms with Crippen molar-refractivity contribution in [2.75, 3.05) is 17.3 Å². The van der Waals surface area contributed by atoms with E-state index < -0.39 is 16.9 Å². The fourth-order valence-corrected chi connectivity index (χ4v) is 2.87. The number of non-ortho nitro benzene ring substituents is 1. The van der Waals surface area contributed by atoms with Crippen molar-refractivity contribution in [3.63, 3.8) is 0 Å². The number of amides is 2. The van der Waals surface area contributed by atoms with Gasteiger partial charge in [0.1, 0.15) is 6.04 Å². The molecule has 142 valence electrons. The maximum Gasteiger partial charge on any atom is 0.270 e. The van der Waals surface area contributed by atoms with Crippen LogP contribution in [0, 0.1) is 10.1 Å². The maximum atomic E-state index is 12.6. The molecule has 2 amide bonds. The highest BCUT2D eigenvalue weighted by atomic mass is 35.5. The first-order chi connectivity index (χ1) is 12.9. The van der Waals surface area contributed by atoms with Crippen molar-refractivity contribution < 1.29 is 14.5 Å². The molecule has 0 heterocycles. The Morgan fingerprint density at radius 1 is 1.22 bits per heavy atom. The lowest BCUT2D eigenvalue weighted by atomic mass is 10.1. The molecule has 2 rings (SSSR count). The topological polar surface area (TPSA) is 101 Å². The number of thioether (sulfide) groups is 1. The van der Waals surface area contributed by atoms with Gasteiger partial charge in [-0.05, 0) is 48.8 Å². The van der Waals surface area contributed by atoms with Crippen LogP contribution in [-0.4, -0.2) is 34.8 Å². The van der Waals surface area contributed by atoms with E-state index in [1.807, 2.05) is 6.26 Å². The summed E-state index contributed by atoms with van der Waals surface area (Å²) in [5.41, 5.74) is 0.495. The third-order valence-corrected chi connectivity index (χ3v) is 4.56. The second kappa shape index (κ2) is 9.94. The van der Waals surface area contributed by atoms with E-state index in [2.05, 4.69) is 10.6 Å². The van der Waals surface area contributed by atoms with Gasteiger partial charge in [0.2, 0.25) is 5.91 Å². The molecule has 27 heavy (non-hydrogen) atoms. The number of carbonyl (C=O) groups excluding carboxylic acids is 2. The molecule has 0 saturated heterocycles. The predicted octanol–water partition coefficient (Wildman–Crippen LogP) is 3.74. The number of anilines is 1. The highest BCUT2D eigenvalue weighted by Gasteiger charge is 2.22. The van der Waals surface area contributed by atoms with Gasteiger partial charge in [0.15, 0.2) is 0 Å². The molecule has 0 bridgehead atoms. The molecule has 0 fully saturated rings. The number of nitro benzene ring substituents is 1. The normalized spacial score (nSPS) is 11.5. The highest BCUT2D eigenvalue weighted by molar-refractivity contribution is 7.98. The van der Waals surface area contributed by atoms with Gasteiger partial charge >= 0.3 is 0 Å². The largest absolute Gasteiger partial charge is 0.340 e. The van der Waals surface area contributed by atoms with Crippen LogP contribution in [0.5, 0.6) is 0 Å². The summed E-state index contributed by atoms with van der Waals surface area (Å²) in [6, 6.07) is 11.2. The molecule has 0 aliphatic carbocycles. The average molecular weight is 408 g/mol. The first-order valence-electron chi connectivity index (χ1n) is 8.01. The molecule has 9 heteroatoms. The Morgan fingerprint density at radius 3 is 2.56 bits per heavy atom. The van der Waals surface area contributed by atoms with E-state index in [0.717, 1.165) is 0 Å². The second-order valence-corrected chi connectivity index (χ2v) is 7.03. The summed E-state index contributed by atoms with van der Waals surface area (Å²) < 4.78 is 0. The predicted molar refractivity (Wildman–Crippen MR) is 107 cm³/mol. The van der Waals surface area contributed by atoms with E-state index in [9.17, 15) is 19.7 Å². The number of nitrogens with one attached hydrogen (secondary N) is 2. The molecule has 1 atom stereocenters. The van der Waals surface area contributed by atoms with Gasteiger partial charge in [-0.1, -0.05) is 17.7 Å². The molecule has 1 unspecified atom stereocenters. The molecule has 0 aliphatic heterocycles. The Hall–Kier alpha value is -2.58. The van der Waals surface area contributed by atoms with Crippen molar-refractivity contribution >= 4 is 46.6 Å². The first-order valence-corrected chi connectivity index (χ1v) is 9.78. The van der Waals surface area contributed by atoms with Crippen molar-refractivity contribution in [3.05, 3.63) is 69.2 Å². The number of nitro groups is 1. The third-order valence-electron chi connectivity index (χ3n) is 3.66. The number of benzene rings is 2. The van der Waals surface area contributed by atoms with Gasteiger partial charge in [-0.2, -0.15) is 11.8 Å². The van der Waals surface area contributed by atoms with Crippen LogP contribution in [0.2, 0.25) is 5.02 Å². The van der Waals surface area contributed by atoms with Crippen LogP contribution in [-0.2, 0) is 4.79 Å². The molecular formula is C18H18ClN3O4S. The Morgan fingerprint density at radius 2 is 1.93 bits per heavy atom. The van der Waals surface area contributed by atoms with Crippen LogP contribution in [0.15, 0.2) is 48.5 Å². The van der Waals surface area contributed by atoms with Crippen molar-refractivity contribution in [2.45, 2.75) is 12.5 Å². The molecule has 2 N–H and O–H groups in total. The molecular weight excluding hydrogens is 390 g/mol. The molecule has 0 aromatic heterocycles. The van der Waals surface area contributed by atoms with Crippen molar-refractivity contribution in [2.24, 2.45) is 0 Å². The molecule has 0 spiro atoms. The summed E-state index contributed by atoms with van der Waals surface area (Å²) in [7, 11) is 0. The third kappa shape index (κ3) is 6.26. The maximum absolute atomic E-state index is 12.6. The Kier molecular flexibility index (Phi) is 7.63. The van der Waals surface area contributed by atoms with Gasteiger partial charge in [0.25, 0.3) is 11.6 Å². The van der Waals surface area contributed by atoms with Gasteiger partial charge in [-0.15, -0.1) is 0 Å². The number of nitrogens with zero attached hydrogens (tertiary/aromatic N) is 1. The summed E-state index contributed by atoms with van der Waals surface area (Å²) in [5.74, 6) is -0.255. The van der Waals surface area contributed by atoms with E-state index in [-0.39, 0.29) is 17.2 Å². The minimum atomic E-state index is -0.778. The van der Waals surface area contributed by atoms with Crippen LogP contribution < -0.4 is 10.6 Å². The fraction of sp³-hybridized carbons (Fsp3) is 0.222. The quantitative estimate of drug-likeness (QED) is 0.512. The highest BCUT2D eigenvalue weighted by Crippen LogP contribution is 2.16. The molecule has 0 radical (unpaired) electrons. The minimum absolute atomic E-state index is 0.123. The van der Waals surface area contributed by atoms with Crippen LogP contribution in [0.4, 0.5) is 11.4 Å². The number of rotatable bonds is 8. The summed E-state index contributed by atoms with van der Waals surface area (Å²) in [4.78, 5) is 35.3. The minimum Gasteiger partial charge on any atom is -0.340 e. The van der Waals surface area contributed by atoms with Crippen LogP contribution in [0.25, 0.3) is 0 Å². The zero-order valence-corrected chi connectivity index (χ0v) is 16.0. The van der Waals surface area contributed by atoms with Crippen LogP contribution in [0.1, 0.15) is 16.8 Å². The van der Waals surface area contributed by atoms with E-state index in [0.29, 0.717) is 22.9 Å². The average Bonchev–Trinajstić information content (AvgIpc) is 2.66. The number of hydrogen-bond acceptors (Lipinski definition) is 5. The number of carbonyl (C=O) groups is 2. The zero-order valence-electron chi connectivity index (χ0n) is 14.5. The van der Waals surface area contributed by atoms with Crippen molar-refractivity contribution in [3.8, 4) is 0 Å². The second-order valence-electron chi connectivity index (χ2n) is 5.61. The molecule has 0 saturated carbocycles. The van der Waals surface area contributed by atoms with Gasteiger partial charge in [-0.25, -0.2) is 0 Å².